The number of fused-ring (bicyclic) bond motifs is 2. The highest BCUT2D eigenvalue weighted by molar-refractivity contribution is 5.80. The van der Waals surface area contributed by atoms with Gasteiger partial charge in [0.1, 0.15) is 0 Å². The molecule has 2 saturated heterocycles. The third-order valence-corrected chi connectivity index (χ3v) is 4.73. The number of nitrogens with zero attached hydrogens (tertiary/aromatic N) is 2. The van der Waals surface area contributed by atoms with Gasteiger partial charge in [0.05, 0.1) is 12.0 Å². The lowest BCUT2D eigenvalue weighted by Gasteiger charge is -2.30. The van der Waals surface area contributed by atoms with Crippen molar-refractivity contribution in [2.75, 3.05) is 7.05 Å². The van der Waals surface area contributed by atoms with Gasteiger partial charge < -0.3 is 10.2 Å². The molecule has 1 amide bonds. The predicted octanol–water partition coefficient (Wildman–Crippen LogP) is 1.74. The van der Waals surface area contributed by atoms with Crippen molar-refractivity contribution in [1.29, 1.82) is 0 Å². The van der Waals surface area contributed by atoms with Crippen LogP contribution < -0.4 is 5.32 Å². The highest BCUT2D eigenvalue weighted by Crippen LogP contribution is 2.35. The van der Waals surface area contributed by atoms with Crippen molar-refractivity contribution in [3.05, 3.63) is 30.1 Å². The SMILES string of the molecule is CC(c1ccncc1)N(C)C(=O)C1CC2CCC1N2. The van der Waals surface area contributed by atoms with Gasteiger partial charge in [-0.25, -0.2) is 0 Å². The molecular formula is C15H21N3O. The van der Waals surface area contributed by atoms with Crippen LogP contribution >= 0.6 is 0 Å². The topological polar surface area (TPSA) is 45.2 Å². The summed E-state index contributed by atoms with van der Waals surface area (Å²) in [6.07, 6.45) is 6.96. The molecule has 0 radical (unpaired) electrons. The van der Waals surface area contributed by atoms with E-state index < -0.39 is 0 Å². The summed E-state index contributed by atoms with van der Waals surface area (Å²) in [6.45, 7) is 2.08. The Labute approximate surface area is 114 Å². The molecular weight excluding hydrogens is 238 g/mol. The number of carbonyl (C=O) groups is 1. The van der Waals surface area contributed by atoms with Crippen LogP contribution in [-0.2, 0) is 4.79 Å². The third-order valence-electron chi connectivity index (χ3n) is 4.73. The summed E-state index contributed by atoms with van der Waals surface area (Å²) in [6, 6.07) is 5.05. The van der Waals surface area contributed by atoms with E-state index in [9.17, 15) is 4.79 Å². The van der Waals surface area contributed by atoms with Gasteiger partial charge in [-0.2, -0.15) is 0 Å². The summed E-state index contributed by atoms with van der Waals surface area (Å²) in [5.74, 6) is 0.456. The Morgan fingerprint density at radius 2 is 2.16 bits per heavy atom. The first-order valence-corrected chi connectivity index (χ1v) is 7.09. The monoisotopic (exact) mass is 259 g/mol. The Bertz CT molecular complexity index is 462. The van der Waals surface area contributed by atoms with E-state index in [0.29, 0.717) is 12.1 Å². The maximum Gasteiger partial charge on any atom is 0.227 e. The Morgan fingerprint density at radius 3 is 2.74 bits per heavy atom. The molecule has 1 aromatic heterocycles. The number of rotatable bonds is 3. The maximum atomic E-state index is 12.6. The Morgan fingerprint density at radius 1 is 1.42 bits per heavy atom. The summed E-state index contributed by atoms with van der Waals surface area (Å²) < 4.78 is 0. The summed E-state index contributed by atoms with van der Waals surface area (Å²) in [7, 11) is 1.92. The molecule has 0 saturated carbocycles. The number of hydrogen-bond donors (Lipinski definition) is 1. The quantitative estimate of drug-likeness (QED) is 0.899. The summed E-state index contributed by atoms with van der Waals surface area (Å²) in [4.78, 5) is 18.5. The third kappa shape index (κ3) is 2.25. The molecule has 4 unspecified atom stereocenters. The molecule has 3 heterocycles. The van der Waals surface area contributed by atoms with Crippen molar-refractivity contribution in [2.45, 2.75) is 44.3 Å². The van der Waals surface area contributed by atoms with Gasteiger partial charge in [-0.3, -0.25) is 9.78 Å². The summed E-state index contributed by atoms with van der Waals surface area (Å²) >= 11 is 0. The van der Waals surface area contributed by atoms with Crippen LogP contribution in [-0.4, -0.2) is 34.9 Å². The molecule has 2 aliphatic heterocycles. The normalized spacial score (nSPS) is 30.3. The van der Waals surface area contributed by atoms with Crippen molar-refractivity contribution in [3.8, 4) is 0 Å². The van der Waals surface area contributed by atoms with E-state index in [0.717, 1.165) is 18.4 Å². The first kappa shape index (κ1) is 12.6. The van der Waals surface area contributed by atoms with Crippen LogP contribution in [0, 0.1) is 5.92 Å². The fraction of sp³-hybridized carbons (Fsp3) is 0.600. The number of pyridine rings is 1. The second-order valence-electron chi connectivity index (χ2n) is 5.80. The van der Waals surface area contributed by atoms with E-state index in [1.807, 2.05) is 24.1 Å². The molecule has 4 atom stereocenters. The molecule has 102 valence electrons. The molecule has 0 aromatic carbocycles. The van der Waals surface area contributed by atoms with Gasteiger partial charge in [-0.15, -0.1) is 0 Å². The van der Waals surface area contributed by atoms with Gasteiger partial charge in [0, 0.05) is 31.5 Å². The standard InChI is InChI=1S/C15H21N3O/c1-10(11-5-7-16-8-6-11)18(2)15(19)13-9-12-3-4-14(13)17-12/h5-8,10,12-14,17H,3-4,9H2,1-2H3. The first-order valence-electron chi connectivity index (χ1n) is 7.09. The minimum Gasteiger partial charge on any atom is -0.339 e. The molecule has 1 aromatic rings. The Kier molecular flexibility index (Phi) is 3.27. The summed E-state index contributed by atoms with van der Waals surface area (Å²) in [5, 5.41) is 3.53. The van der Waals surface area contributed by atoms with Crippen LogP contribution in [0.25, 0.3) is 0 Å². The van der Waals surface area contributed by atoms with Gasteiger partial charge >= 0.3 is 0 Å². The van der Waals surface area contributed by atoms with Crippen LogP contribution in [0.5, 0.6) is 0 Å². The van der Waals surface area contributed by atoms with E-state index in [-0.39, 0.29) is 17.9 Å². The van der Waals surface area contributed by atoms with E-state index >= 15 is 0 Å². The van der Waals surface area contributed by atoms with Crippen molar-refractivity contribution >= 4 is 5.91 Å². The average molecular weight is 259 g/mol. The van der Waals surface area contributed by atoms with E-state index in [4.69, 9.17) is 0 Å². The van der Waals surface area contributed by atoms with Crippen LogP contribution in [0.2, 0.25) is 0 Å². The predicted molar refractivity (Wildman–Crippen MR) is 73.5 cm³/mol. The number of amides is 1. The van der Waals surface area contributed by atoms with Crippen molar-refractivity contribution in [1.82, 2.24) is 15.2 Å². The smallest absolute Gasteiger partial charge is 0.227 e. The Balaban J connectivity index is 1.70. The van der Waals surface area contributed by atoms with E-state index in [2.05, 4.69) is 17.2 Å². The summed E-state index contributed by atoms with van der Waals surface area (Å²) in [5.41, 5.74) is 1.14. The maximum absolute atomic E-state index is 12.6. The zero-order valence-corrected chi connectivity index (χ0v) is 11.5. The van der Waals surface area contributed by atoms with Crippen molar-refractivity contribution in [2.24, 2.45) is 5.92 Å². The molecule has 0 spiro atoms. The van der Waals surface area contributed by atoms with Crippen molar-refractivity contribution < 1.29 is 4.79 Å². The zero-order valence-electron chi connectivity index (χ0n) is 11.5. The van der Waals surface area contributed by atoms with Gasteiger partial charge in [-0.1, -0.05) is 0 Å². The van der Waals surface area contributed by atoms with Crippen molar-refractivity contribution in [3.63, 3.8) is 0 Å². The van der Waals surface area contributed by atoms with Crippen LogP contribution in [0.3, 0.4) is 0 Å². The van der Waals surface area contributed by atoms with Gasteiger partial charge in [-0.05, 0) is 43.9 Å². The van der Waals surface area contributed by atoms with Crippen LogP contribution in [0.15, 0.2) is 24.5 Å². The lowest BCUT2D eigenvalue weighted by molar-refractivity contribution is -0.136. The lowest BCUT2D eigenvalue weighted by atomic mass is 9.88. The Hall–Kier alpha value is -1.42. The molecule has 0 aliphatic carbocycles. The number of aromatic nitrogens is 1. The minimum absolute atomic E-state index is 0.106. The number of hydrogen-bond acceptors (Lipinski definition) is 3. The molecule has 1 N–H and O–H groups in total. The van der Waals surface area contributed by atoms with E-state index in [1.165, 1.54) is 6.42 Å². The molecule has 3 rings (SSSR count). The van der Waals surface area contributed by atoms with Gasteiger partial charge in [0.15, 0.2) is 0 Å². The minimum atomic E-state index is 0.106. The molecule has 2 bridgehead atoms. The van der Waals surface area contributed by atoms with Crippen LogP contribution in [0.1, 0.15) is 37.8 Å². The second-order valence-corrected chi connectivity index (χ2v) is 5.80. The van der Waals surface area contributed by atoms with E-state index in [1.54, 1.807) is 12.4 Å². The largest absolute Gasteiger partial charge is 0.339 e. The molecule has 4 nitrogen and oxygen atoms in total. The molecule has 2 fully saturated rings. The lowest BCUT2D eigenvalue weighted by Crippen LogP contribution is -2.40. The first-order chi connectivity index (χ1) is 9.16. The highest BCUT2D eigenvalue weighted by atomic mass is 16.2. The molecule has 2 aliphatic rings. The number of nitrogens with one attached hydrogen (secondary N) is 1. The fourth-order valence-electron chi connectivity index (χ4n) is 3.42. The van der Waals surface area contributed by atoms with Gasteiger partial charge in [0.25, 0.3) is 0 Å². The zero-order chi connectivity index (χ0) is 13.4. The van der Waals surface area contributed by atoms with Crippen LogP contribution in [0.4, 0.5) is 0 Å². The molecule has 19 heavy (non-hydrogen) atoms. The molecule has 4 heteroatoms. The average Bonchev–Trinajstić information content (AvgIpc) is 3.08. The second kappa shape index (κ2) is 4.93. The number of carbonyl (C=O) groups excluding carboxylic acids is 1. The van der Waals surface area contributed by atoms with Gasteiger partial charge in [0.2, 0.25) is 5.91 Å². The fourth-order valence-corrected chi connectivity index (χ4v) is 3.42. The highest BCUT2D eigenvalue weighted by Gasteiger charge is 2.44.